The molecule has 7 heteroatoms. The number of hydrogen-bond acceptors (Lipinski definition) is 4. The second-order valence-corrected chi connectivity index (χ2v) is 6.03. The fourth-order valence-electron chi connectivity index (χ4n) is 2.65. The zero-order valence-corrected chi connectivity index (χ0v) is 13.5. The van der Waals surface area contributed by atoms with Gasteiger partial charge < -0.3 is 9.80 Å². The SMILES string of the molecule is Cc1ccc(CN2CCN(c3c(Cl)cn[nH]c3=O)CC2=O)cc1. The summed E-state index contributed by atoms with van der Waals surface area (Å²) in [6, 6.07) is 8.12. The summed E-state index contributed by atoms with van der Waals surface area (Å²) >= 11 is 6.04. The second-order valence-electron chi connectivity index (χ2n) is 5.62. The number of nitrogens with zero attached hydrogens (tertiary/aromatic N) is 3. The molecule has 1 aromatic heterocycles. The van der Waals surface area contributed by atoms with E-state index in [1.54, 1.807) is 9.80 Å². The number of amides is 1. The van der Waals surface area contributed by atoms with E-state index in [-0.39, 0.29) is 23.0 Å². The largest absolute Gasteiger partial charge is 0.355 e. The number of aromatic amines is 1. The summed E-state index contributed by atoms with van der Waals surface area (Å²) in [6.45, 7) is 3.85. The molecule has 1 saturated heterocycles. The number of aryl methyl sites for hydroxylation is 1. The molecule has 3 rings (SSSR count). The van der Waals surface area contributed by atoms with Crippen LogP contribution in [0.5, 0.6) is 0 Å². The Hall–Kier alpha value is -2.34. The molecular weight excluding hydrogens is 316 g/mol. The van der Waals surface area contributed by atoms with Crippen molar-refractivity contribution in [3.63, 3.8) is 0 Å². The Labute approximate surface area is 138 Å². The third-order valence-electron chi connectivity index (χ3n) is 3.91. The highest BCUT2D eigenvalue weighted by atomic mass is 35.5. The van der Waals surface area contributed by atoms with Crippen LogP contribution in [0, 0.1) is 6.92 Å². The summed E-state index contributed by atoms with van der Waals surface area (Å²) in [5.74, 6) is -0.0240. The predicted molar refractivity (Wildman–Crippen MR) is 88.7 cm³/mol. The van der Waals surface area contributed by atoms with E-state index in [1.807, 2.05) is 31.2 Å². The molecule has 1 aliphatic rings. The standard InChI is InChI=1S/C16H17ClN4O2/c1-11-2-4-12(5-3-11)9-20-6-7-21(10-14(20)22)15-13(17)8-18-19-16(15)23/h2-5,8H,6-7,9-10H2,1H3,(H,19,23). The maximum atomic E-state index is 12.4. The third kappa shape index (κ3) is 3.37. The monoisotopic (exact) mass is 332 g/mol. The van der Waals surface area contributed by atoms with Crippen molar-refractivity contribution in [2.45, 2.75) is 13.5 Å². The average Bonchev–Trinajstić information content (AvgIpc) is 2.52. The van der Waals surface area contributed by atoms with E-state index < -0.39 is 0 Å². The minimum atomic E-state index is -0.378. The molecule has 0 atom stereocenters. The van der Waals surface area contributed by atoms with Gasteiger partial charge in [-0.3, -0.25) is 9.59 Å². The number of anilines is 1. The van der Waals surface area contributed by atoms with Gasteiger partial charge in [-0.05, 0) is 12.5 Å². The molecule has 0 bridgehead atoms. The van der Waals surface area contributed by atoms with E-state index in [4.69, 9.17) is 11.6 Å². The van der Waals surface area contributed by atoms with Gasteiger partial charge in [-0.25, -0.2) is 5.10 Å². The molecule has 1 aromatic carbocycles. The highest BCUT2D eigenvalue weighted by molar-refractivity contribution is 6.33. The molecular formula is C16H17ClN4O2. The lowest BCUT2D eigenvalue weighted by atomic mass is 10.1. The molecule has 1 fully saturated rings. The van der Waals surface area contributed by atoms with E-state index in [0.29, 0.717) is 25.3 Å². The van der Waals surface area contributed by atoms with Gasteiger partial charge in [0.15, 0.2) is 0 Å². The Bertz CT molecular complexity index is 772. The van der Waals surface area contributed by atoms with Crippen molar-refractivity contribution < 1.29 is 4.79 Å². The number of carbonyl (C=O) groups is 1. The molecule has 1 aliphatic heterocycles. The van der Waals surface area contributed by atoms with Gasteiger partial charge in [-0.15, -0.1) is 0 Å². The van der Waals surface area contributed by atoms with Crippen LogP contribution in [0.3, 0.4) is 0 Å². The van der Waals surface area contributed by atoms with Crippen LogP contribution in [-0.2, 0) is 11.3 Å². The third-order valence-corrected chi connectivity index (χ3v) is 4.19. The van der Waals surface area contributed by atoms with E-state index in [9.17, 15) is 9.59 Å². The van der Waals surface area contributed by atoms with Crippen LogP contribution < -0.4 is 10.5 Å². The first kappa shape index (κ1) is 15.6. The van der Waals surface area contributed by atoms with Crippen LogP contribution in [-0.4, -0.2) is 40.6 Å². The van der Waals surface area contributed by atoms with Gasteiger partial charge in [-0.1, -0.05) is 41.4 Å². The van der Waals surface area contributed by atoms with Crippen molar-refractivity contribution in [3.8, 4) is 0 Å². The molecule has 0 spiro atoms. The quantitative estimate of drug-likeness (QED) is 0.926. The van der Waals surface area contributed by atoms with E-state index in [1.165, 1.54) is 11.8 Å². The molecule has 0 unspecified atom stereocenters. The summed E-state index contributed by atoms with van der Waals surface area (Å²) in [6.07, 6.45) is 1.38. The van der Waals surface area contributed by atoms with Crippen molar-refractivity contribution in [3.05, 3.63) is 57.0 Å². The number of aromatic nitrogens is 2. The maximum absolute atomic E-state index is 12.4. The number of nitrogens with one attached hydrogen (secondary N) is 1. The van der Waals surface area contributed by atoms with Gasteiger partial charge >= 0.3 is 0 Å². The van der Waals surface area contributed by atoms with E-state index in [2.05, 4.69) is 10.2 Å². The smallest absolute Gasteiger partial charge is 0.289 e. The van der Waals surface area contributed by atoms with Crippen LogP contribution in [0.1, 0.15) is 11.1 Å². The van der Waals surface area contributed by atoms with Crippen LogP contribution in [0.2, 0.25) is 5.02 Å². The fourth-order valence-corrected chi connectivity index (χ4v) is 2.90. The average molecular weight is 333 g/mol. The lowest BCUT2D eigenvalue weighted by molar-refractivity contribution is -0.131. The molecule has 2 heterocycles. The van der Waals surface area contributed by atoms with Crippen molar-refractivity contribution >= 4 is 23.2 Å². The van der Waals surface area contributed by atoms with Gasteiger partial charge in [0.05, 0.1) is 17.8 Å². The van der Waals surface area contributed by atoms with Crippen LogP contribution in [0.15, 0.2) is 35.3 Å². The second kappa shape index (κ2) is 6.42. The molecule has 0 saturated carbocycles. The lowest BCUT2D eigenvalue weighted by Crippen LogP contribution is -2.51. The van der Waals surface area contributed by atoms with Crippen LogP contribution >= 0.6 is 11.6 Å². The van der Waals surface area contributed by atoms with Gasteiger partial charge in [0, 0.05) is 19.6 Å². The minimum Gasteiger partial charge on any atom is -0.355 e. The molecule has 23 heavy (non-hydrogen) atoms. The van der Waals surface area contributed by atoms with Gasteiger partial charge in [0.2, 0.25) is 5.91 Å². The number of hydrogen-bond donors (Lipinski definition) is 1. The number of halogens is 1. The first-order valence-electron chi connectivity index (χ1n) is 7.36. The summed E-state index contributed by atoms with van der Waals surface area (Å²) in [4.78, 5) is 27.8. The normalized spacial score (nSPS) is 15.1. The fraction of sp³-hybridized carbons (Fsp3) is 0.312. The van der Waals surface area contributed by atoms with Crippen LogP contribution in [0.4, 0.5) is 5.69 Å². The molecule has 0 radical (unpaired) electrons. The minimum absolute atomic E-state index is 0.0240. The molecule has 2 aromatic rings. The number of rotatable bonds is 3. The van der Waals surface area contributed by atoms with Crippen molar-refractivity contribution in [1.82, 2.24) is 15.1 Å². The summed E-state index contributed by atoms with van der Waals surface area (Å²) < 4.78 is 0. The Morgan fingerprint density at radius 2 is 1.96 bits per heavy atom. The van der Waals surface area contributed by atoms with Crippen LogP contribution in [0.25, 0.3) is 0 Å². The number of piperazine rings is 1. The molecule has 1 amide bonds. The molecule has 120 valence electrons. The highest BCUT2D eigenvalue weighted by Crippen LogP contribution is 2.21. The van der Waals surface area contributed by atoms with Crippen molar-refractivity contribution in [1.29, 1.82) is 0 Å². The van der Waals surface area contributed by atoms with Gasteiger partial charge in [0.1, 0.15) is 5.69 Å². The Morgan fingerprint density at radius 3 is 2.61 bits per heavy atom. The number of benzene rings is 1. The summed E-state index contributed by atoms with van der Waals surface area (Å²) in [7, 11) is 0. The summed E-state index contributed by atoms with van der Waals surface area (Å²) in [5, 5.41) is 6.26. The Kier molecular flexibility index (Phi) is 4.34. The molecule has 1 N–H and O–H groups in total. The van der Waals surface area contributed by atoms with E-state index >= 15 is 0 Å². The van der Waals surface area contributed by atoms with Crippen molar-refractivity contribution in [2.75, 3.05) is 24.5 Å². The number of carbonyl (C=O) groups excluding carboxylic acids is 1. The summed E-state index contributed by atoms with van der Waals surface area (Å²) in [5.41, 5.74) is 2.22. The lowest BCUT2D eigenvalue weighted by Gasteiger charge is -2.35. The molecule has 0 aliphatic carbocycles. The first-order valence-corrected chi connectivity index (χ1v) is 7.74. The number of H-pyrrole nitrogens is 1. The van der Waals surface area contributed by atoms with Gasteiger partial charge in [-0.2, -0.15) is 5.10 Å². The Balaban J connectivity index is 1.71. The maximum Gasteiger partial charge on any atom is 0.289 e. The van der Waals surface area contributed by atoms with Crippen molar-refractivity contribution in [2.24, 2.45) is 0 Å². The highest BCUT2D eigenvalue weighted by Gasteiger charge is 2.26. The predicted octanol–water partition coefficient (Wildman–Crippen LogP) is 1.58. The zero-order valence-electron chi connectivity index (χ0n) is 12.8. The van der Waals surface area contributed by atoms with Gasteiger partial charge in [0.25, 0.3) is 5.56 Å². The zero-order chi connectivity index (χ0) is 16.4. The van der Waals surface area contributed by atoms with E-state index in [0.717, 1.165) is 5.56 Å². The first-order chi connectivity index (χ1) is 11.0. The Morgan fingerprint density at radius 1 is 1.22 bits per heavy atom. The topological polar surface area (TPSA) is 69.3 Å². The molecule has 6 nitrogen and oxygen atoms in total.